The molecule has 0 radical (unpaired) electrons. The van der Waals surface area contributed by atoms with Gasteiger partial charge in [-0.1, -0.05) is 18.9 Å². The molecular formula is C20H24N4O3. The number of aromatic nitrogens is 2. The van der Waals surface area contributed by atoms with E-state index >= 15 is 0 Å². The lowest BCUT2D eigenvalue weighted by atomic mass is 10.2. The first-order chi connectivity index (χ1) is 13.1. The fourth-order valence-electron chi connectivity index (χ4n) is 3.17. The van der Waals surface area contributed by atoms with Crippen LogP contribution in [0.5, 0.6) is 0 Å². The molecule has 0 bridgehead atoms. The molecule has 1 aliphatic rings. The monoisotopic (exact) mass is 368 g/mol. The first-order valence-corrected chi connectivity index (χ1v) is 9.17. The summed E-state index contributed by atoms with van der Waals surface area (Å²) in [6, 6.07) is 8.59. The third kappa shape index (κ3) is 4.81. The van der Waals surface area contributed by atoms with E-state index < -0.39 is 5.97 Å². The zero-order valence-electron chi connectivity index (χ0n) is 15.7. The Hall–Kier alpha value is -2.96. The molecule has 1 aromatic heterocycles. The van der Waals surface area contributed by atoms with Crippen molar-refractivity contribution in [3.63, 3.8) is 0 Å². The second-order valence-electron chi connectivity index (χ2n) is 6.59. The second-order valence-corrected chi connectivity index (χ2v) is 6.59. The zero-order chi connectivity index (χ0) is 19.2. The van der Waals surface area contributed by atoms with Crippen LogP contribution in [0.3, 0.4) is 0 Å². The number of carbonyl (C=O) groups excluding carboxylic acids is 2. The van der Waals surface area contributed by atoms with Gasteiger partial charge in [-0.15, -0.1) is 0 Å². The van der Waals surface area contributed by atoms with Crippen LogP contribution in [-0.2, 0) is 4.74 Å². The minimum Gasteiger partial charge on any atom is -0.465 e. The number of esters is 1. The van der Waals surface area contributed by atoms with Crippen LogP contribution in [0.1, 0.15) is 52.4 Å². The maximum Gasteiger partial charge on any atom is 0.337 e. The van der Waals surface area contributed by atoms with Crippen LogP contribution in [0.4, 0.5) is 11.5 Å². The van der Waals surface area contributed by atoms with Gasteiger partial charge in [0.1, 0.15) is 17.3 Å². The van der Waals surface area contributed by atoms with Crippen molar-refractivity contribution < 1.29 is 14.3 Å². The van der Waals surface area contributed by atoms with Crippen molar-refractivity contribution in [2.24, 2.45) is 0 Å². The van der Waals surface area contributed by atoms with Crippen LogP contribution >= 0.6 is 0 Å². The number of benzene rings is 1. The molecule has 27 heavy (non-hydrogen) atoms. The van der Waals surface area contributed by atoms with E-state index in [1.807, 2.05) is 11.0 Å². The number of methoxy groups -OCH3 is 1. The number of hydrogen-bond acceptors (Lipinski definition) is 6. The summed E-state index contributed by atoms with van der Waals surface area (Å²) in [5.41, 5.74) is 1.51. The standard InChI is InChI=1S/C20H24N4O3/c1-14-21-17(19(25)24-10-5-3-4-6-11-24)13-18(22-14)23-16-9-7-8-15(12-16)20(26)27-2/h7-9,12-13H,3-6,10-11H2,1-2H3,(H,21,22,23). The highest BCUT2D eigenvalue weighted by Gasteiger charge is 2.19. The molecule has 0 unspecified atom stereocenters. The lowest BCUT2D eigenvalue weighted by Crippen LogP contribution is -2.32. The van der Waals surface area contributed by atoms with Gasteiger partial charge in [0.15, 0.2) is 0 Å². The van der Waals surface area contributed by atoms with Gasteiger partial charge in [0.25, 0.3) is 5.91 Å². The molecule has 2 aromatic rings. The molecule has 1 saturated heterocycles. The molecule has 0 aliphatic carbocycles. The fraction of sp³-hybridized carbons (Fsp3) is 0.400. The Kier molecular flexibility index (Phi) is 6.01. The first kappa shape index (κ1) is 18.8. The van der Waals surface area contributed by atoms with Gasteiger partial charge in [0.2, 0.25) is 0 Å². The molecule has 3 rings (SSSR count). The average molecular weight is 368 g/mol. The molecule has 0 atom stereocenters. The van der Waals surface area contributed by atoms with Crippen molar-refractivity contribution in [1.29, 1.82) is 0 Å². The number of rotatable bonds is 4. The number of aryl methyl sites for hydroxylation is 1. The van der Waals surface area contributed by atoms with Crippen LogP contribution in [0.2, 0.25) is 0 Å². The van der Waals surface area contributed by atoms with Crippen LogP contribution in [0.15, 0.2) is 30.3 Å². The van der Waals surface area contributed by atoms with E-state index in [2.05, 4.69) is 15.3 Å². The van der Waals surface area contributed by atoms with E-state index in [4.69, 9.17) is 4.74 Å². The number of ether oxygens (including phenoxy) is 1. The lowest BCUT2D eigenvalue weighted by Gasteiger charge is -2.20. The molecule has 142 valence electrons. The number of anilines is 2. The molecule has 1 fully saturated rings. The minimum atomic E-state index is -0.408. The highest BCUT2D eigenvalue weighted by molar-refractivity contribution is 5.93. The molecule has 1 amide bonds. The zero-order valence-corrected chi connectivity index (χ0v) is 15.7. The number of hydrogen-bond donors (Lipinski definition) is 1. The normalized spacial score (nSPS) is 14.4. The first-order valence-electron chi connectivity index (χ1n) is 9.17. The Morgan fingerprint density at radius 3 is 2.52 bits per heavy atom. The van der Waals surface area contributed by atoms with E-state index in [1.165, 1.54) is 7.11 Å². The van der Waals surface area contributed by atoms with Gasteiger partial charge in [-0.05, 0) is 38.0 Å². The molecule has 2 heterocycles. The molecule has 1 N–H and O–H groups in total. The van der Waals surface area contributed by atoms with Crippen molar-refractivity contribution in [2.45, 2.75) is 32.6 Å². The van der Waals surface area contributed by atoms with E-state index in [1.54, 1.807) is 31.2 Å². The Morgan fingerprint density at radius 2 is 1.81 bits per heavy atom. The Labute approximate surface area is 158 Å². The smallest absolute Gasteiger partial charge is 0.337 e. The summed E-state index contributed by atoms with van der Waals surface area (Å²) >= 11 is 0. The van der Waals surface area contributed by atoms with Gasteiger partial charge in [0.05, 0.1) is 12.7 Å². The predicted octanol–water partition coefficient (Wildman–Crippen LogP) is 3.33. The molecule has 1 aromatic carbocycles. The van der Waals surface area contributed by atoms with Crippen molar-refractivity contribution in [3.05, 3.63) is 47.4 Å². The molecule has 1 aliphatic heterocycles. The van der Waals surface area contributed by atoms with E-state index in [9.17, 15) is 9.59 Å². The second kappa shape index (κ2) is 8.62. The number of nitrogens with one attached hydrogen (secondary N) is 1. The molecular weight excluding hydrogens is 344 g/mol. The maximum absolute atomic E-state index is 12.8. The summed E-state index contributed by atoms with van der Waals surface area (Å²) in [6.45, 7) is 3.30. The Bertz CT molecular complexity index is 830. The molecule has 0 saturated carbocycles. The van der Waals surface area contributed by atoms with E-state index in [0.29, 0.717) is 28.6 Å². The number of amides is 1. The summed E-state index contributed by atoms with van der Waals surface area (Å²) < 4.78 is 4.75. The van der Waals surface area contributed by atoms with Gasteiger partial charge < -0.3 is 15.0 Å². The lowest BCUT2D eigenvalue weighted by molar-refractivity contribution is 0.0600. The number of carbonyl (C=O) groups is 2. The average Bonchev–Trinajstić information content (AvgIpc) is 2.96. The molecule has 0 spiro atoms. The van der Waals surface area contributed by atoms with E-state index in [-0.39, 0.29) is 5.91 Å². The summed E-state index contributed by atoms with van der Waals surface area (Å²) in [7, 11) is 1.34. The SMILES string of the molecule is COC(=O)c1cccc(Nc2cc(C(=O)N3CCCCCC3)nc(C)n2)c1. The quantitative estimate of drug-likeness (QED) is 0.834. The van der Waals surface area contributed by atoms with Gasteiger partial charge in [0, 0.05) is 24.8 Å². The highest BCUT2D eigenvalue weighted by Crippen LogP contribution is 2.19. The Balaban J connectivity index is 1.81. The van der Waals surface area contributed by atoms with E-state index in [0.717, 1.165) is 38.8 Å². The van der Waals surface area contributed by atoms with Gasteiger partial charge in [-0.3, -0.25) is 4.79 Å². The van der Waals surface area contributed by atoms with Crippen LogP contribution < -0.4 is 5.32 Å². The largest absolute Gasteiger partial charge is 0.465 e. The van der Waals surface area contributed by atoms with Crippen LogP contribution in [0, 0.1) is 6.92 Å². The fourth-order valence-corrected chi connectivity index (χ4v) is 3.17. The third-order valence-corrected chi connectivity index (χ3v) is 4.51. The molecule has 7 heteroatoms. The third-order valence-electron chi connectivity index (χ3n) is 4.51. The summed E-state index contributed by atoms with van der Waals surface area (Å²) in [5, 5.41) is 3.15. The van der Waals surface area contributed by atoms with Gasteiger partial charge in [-0.25, -0.2) is 14.8 Å². The van der Waals surface area contributed by atoms with Gasteiger partial charge >= 0.3 is 5.97 Å². The van der Waals surface area contributed by atoms with Crippen molar-refractivity contribution in [1.82, 2.24) is 14.9 Å². The van der Waals surface area contributed by atoms with Crippen LogP contribution in [-0.4, -0.2) is 46.9 Å². The summed E-state index contributed by atoms with van der Waals surface area (Å²) in [6.07, 6.45) is 4.38. The summed E-state index contributed by atoms with van der Waals surface area (Å²) in [5.74, 6) is 0.563. The van der Waals surface area contributed by atoms with Crippen molar-refractivity contribution >= 4 is 23.4 Å². The van der Waals surface area contributed by atoms with Gasteiger partial charge in [-0.2, -0.15) is 0 Å². The highest BCUT2D eigenvalue weighted by atomic mass is 16.5. The topological polar surface area (TPSA) is 84.4 Å². The van der Waals surface area contributed by atoms with Crippen molar-refractivity contribution in [2.75, 3.05) is 25.5 Å². The predicted molar refractivity (Wildman–Crippen MR) is 102 cm³/mol. The number of likely N-dealkylation sites (tertiary alicyclic amines) is 1. The summed E-state index contributed by atoms with van der Waals surface area (Å²) in [4.78, 5) is 35.1. The maximum atomic E-state index is 12.8. The van der Waals surface area contributed by atoms with Crippen molar-refractivity contribution in [3.8, 4) is 0 Å². The molecule has 7 nitrogen and oxygen atoms in total. The minimum absolute atomic E-state index is 0.0613. The van der Waals surface area contributed by atoms with Crippen LogP contribution in [0.25, 0.3) is 0 Å². The number of nitrogens with zero attached hydrogens (tertiary/aromatic N) is 3. The Morgan fingerprint density at radius 1 is 1.07 bits per heavy atom.